The first-order valence-electron chi connectivity index (χ1n) is 4.92. The number of aliphatic hydroxyl groups excluding tert-OH is 1. The normalized spacial score (nSPS) is 25.6. The topological polar surface area (TPSA) is 64.3 Å². The predicted molar refractivity (Wildman–Crippen MR) is 51.2 cm³/mol. The molecule has 1 amide bonds. The van der Waals surface area contributed by atoms with Crippen molar-refractivity contribution in [3.8, 4) is 6.07 Å². The Kier molecular flexibility index (Phi) is 3.12. The number of hydrogen-bond donors (Lipinski definition) is 1. The van der Waals surface area contributed by atoms with Gasteiger partial charge in [-0.25, -0.2) is 0 Å². The lowest BCUT2D eigenvalue weighted by atomic mass is 9.88. The lowest BCUT2D eigenvalue weighted by Crippen LogP contribution is -2.40. The highest BCUT2D eigenvalue weighted by molar-refractivity contribution is 5.85. The molecule has 0 radical (unpaired) electrons. The molecule has 0 saturated carbocycles. The molecule has 0 bridgehead atoms. The Labute approximate surface area is 84.1 Å². The highest BCUT2D eigenvalue weighted by atomic mass is 16.3. The Morgan fingerprint density at radius 2 is 2.43 bits per heavy atom. The Morgan fingerprint density at radius 3 is 2.79 bits per heavy atom. The summed E-state index contributed by atoms with van der Waals surface area (Å²) in [6.07, 6.45) is 0.713. The minimum atomic E-state index is -0.927. The molecule has 78 valence electrons. The van der Waals surface area contributed by atoms with Crippen molar-refractivity contribution < 1.29 is 9.90 Å². The third kappa shape index (κ3) is 1.88. The first-order chi connectivity index (χ1) is 6.53. The van der Waals surface area contributed by atoms with Gasteiger partial charge in [-0.3, -0.25) is 4.79 Å². The van der Waals surface area contributed by atoms with Crippen molar-refractivity contribution in [3.05, 3.63) is 0 Å². The number of rotatable bonds is 2. The molecule has 1 rings (SSSR count). The first-order valence-corrected chi connectivity index (χ1v) is 4.92. The molecular weight excluding hydrogens is 180 g/mol. The average molecular weight is 196 g/mol. The monoisotopic (exact) mass is 196 g/mol. The Morgan fingerprint density at radius 1 is 1.79 bits per heavy atom. The molecule has 1 heterocycles. The summed E-state index contributed by atoms with van der Waals surface area (Å²) in [6.45, 7) is 4.42. The van der Waals surface area contributed by atoms with Gasteiger partial charge in [0.15, 0.2) is 0 Å². The summed E-state index contributed by atoms with van der Waals surface area (Å²) in [5, 5.41) is 18.2. The van der Waals surface area contributed by atoms with Crippen LogP contribution in [0.2, 0.25) is 0 Å². The van der Waals surface area contributed by atoms with Crippen molar-refractivity contribution in [2.75, 3.05) is 13.1 Å². The minimum Gasteiger partial charge on any atom is -0.391 e. The SMILES string of the molecule is CCC(C)(C#N)C(=O)N1CC[C@H](O)C1. The van der Waals surface area contributed by atoms with E-state index in [2.05, 4.69) is 0 Å². The van der Waals surface area contributed by atoms with Gasteiger partial charge < -0.3 is 10.0 Å². The molecule has 1 saturated heterocycles. The van der Waals surface area contributed by atoms with Gasteiger partial charge >= 0.3 is 0 Å². The highest BCUT2D eigenvalue weighted by Gasteiger charge is 2.37. The summed E-state index contributed by atoms with van der Waals surface area (Å²) < 4.78 is 0. The van der Waals surface area contributed by atoms with Crippen molar-refractivity contribution in [3.63, 3.8) is 0 Å². The van der Waals surface area contributed by atoms with Gasteiger partial charge in [0.1, 0.15) is 5.41 Å². The number of carbonyl (C=O) groups is 1. The van der Waals surface area contributed by atoms with Gasteiger partial charge in [0, 0.05) is 13.1 Å². The van der Waals surface area contributed by atoms with Crippen LogP contribution in [0.25, 0.3) is 0 Å². The smallest absolute Gasteiger partial charge is 0.242 e. The fourth-order valence-electron chi connectivity index (χ4n) is 1.55. The number of aliphatic hydroxyl groups is 1. The molecule has 1 N–H and O–H groups in total. The van der Waals surface area contributed by atoms with E-state index in [9.17, 15) is 9.90 Å². The van der Waals surface area contributed by atoms with Crippen LogP contribution in [-0.4, -0.2) is 35.1 Å². The number of amides is 1. The van der Waals surface area contributed by atoms with Crippen molar-refractivity contribution in [2.24, 2.45) is 5.41 Å². The van der Waals surface area contributed by atoms with Crippen molar-refractivity contribution in [2.45, 2.75) is 32.8 Å². The van der Waals surface area contributed by atoms with Crippen LogP contribution in [-0.2, 0) is 4.79 Å². The molecular formula is C10H16N2O2. The van der Waals surface area contributed by atoms with Gasteiger partial charge in [0.25, 0.3) is 0 Å². The molecule has 1 aliphatic rings. The van der Waals surface area contributed by atoms with E-state index in [1.54, 1.807) is 11.8 Å². The maximum Gasteiger partial charge on any atom is 0.242 e. The fourth-order valence-corrected chi connectivity index (χ4v) is 1.55. The van der Waals surface area contributed by atoms with E-state index in [0.29, 0.717) is 25.9 Å². The maximum absolute atomic E-state index is 11.9. The lowest BCUT2D eigenvalue weighted by molar-refractivity contribution is -0.137. The van der Waals surface area contributed by atoms with Crippen LogP contribution in [0.4, 0.5) is 0 Å². The maximum atomic E-state index is 11.9. The van der Waals surface area contributed by atoms with Crippen LogP contribution in [0.15, 0.2) is 0 Å². The van der Waals surface area contributed by atoms with E-state index in [-0.39, 0.29) is 5.91 Å². The second-order valence-electron chi connectivity index (χ2n) is 3.99. The van der Waals surface area contributed by atoms with E-state index in [1.165, 1.54) is 0 Å². The molecule has 0 spiro atoms. The van der Waals surface area contributed by atoms with Crippen LogP contribution in [0.3, 0.4) is 0 Å². The van der Waals surface area contributed by atoms with E-state index >= 15 is 0 Å². The van der Waals surface area contributed by atoms with E-state index in [1.807, 2.05) is 13.0 Å². The Balaban J connectivity index is 2.70. The zero-order valence-corrected chi connectivity index (χ0v) is 8.66. The third-order valence-corrected chi connectivity index (χ3v) is 2.88. The van der Waals surface area contributed by atoms with Gasteiger partial charge in [-0.05, 0) is 19.8 Å². The number of likely N-dealkylation sites (tertiary alicyclic amines) is 1. The number of β-amino-alcohol motifs (C(OH)–C–C–N with tert-alkyl or cyclic N) is 1. The molecule has 0 aromatic carbocycles. The van der Waals surface area contributed by atoms with Crippen LogP contribution in [0, 0.1) is 16.7 Å². The summed E-state index contributed by atoms with van der Waals surface area (Å²) in [6, 6.07) is 2.05. The number of nitrogens with zero attached hydrogens (tertiary/aromatic N) is 2. The van der Waals surface area contributed by atoms with Crippen molar-refractivity contribution >= 4 is 5.91 Å². The standard InChI is InChI=1S/C10H16N2O2/c1-3-10(2,7-11)9(14)12-5-4-8(13)6-12/h8,13H,3-6H2,1-2H3/t8-,10?/m0/s1. The van der Waals surface area contributed by atoms with E-state index in [4.69, 9.17) is 5.26 Å². The fraction of sp³-hybridized carbons (Fsp3) is 0.800. The van der Waals surface area contributed by atoms with Crippen LogP contribution >= 0.6 is 0 Å². The van der Waals surface area contributed by atoms with E-state index < -0.39 is 11.5 Å². The number of carbonyl (C=O) groups excluding carboxylic acids is 1. The molecule has 1 unspecified atom stereocenters. The molecule has 1 fully saturated rings. The van der Waals surface area contributed by atoms with Crippen molar-refractivity contribution in [1.29, 1.82) is 5.26 Å². The third-order valence-electron chi connectivity index (χ3n) is 2.88. The van der Waals surface area contributed by atoms with Crippen LogP contribution < -0.4 is 0 Å². The summed E-state index contributed by atoms with van der Waals surface area (Å²) in [5.41, 5.74) is -0.927. The largest absolute Gasteiger partial charge is 0.391 e. The van der Waals surface area contributed by atoms with Crippen LogP contribution in [0.5, 0.6) is 0 Å². The lowest BCUT2D eigenvalue weighted by Gasteiger charge is -2.25. The first kappa shape index (κ1) is 11.0. The van der Waals surface area contributed by atoms with Gasteiger partial charge in [-0.15, -0.1) is 0 Å². The predicted octanol–water partition coefficient (Wildman–Crippen LogP) is 0.519. The van der Waals surface area contributed by atoms with Crippen molar-refractivity contribution in [1.82, 2.24) is 4.90 Å². The average Bonchev–Trinajstić information content (AvgIpc) is 2.62. The number of nitriles is 1. The molecule has 1 aliphatic heterocycles. The zero-order chi connectivity index (χ0) is 10.8. The summed E-state index contributed by atoms with van der Waals surface area (Å²) in [5.74, 6) is -0.154. The molecule has 0 aliphatic carbocycles. The molecule has 4 heteroatoms. The van der Waals surface area contributed by atoms with Gasteiger partial charge in [0.2, 0.25) is 5.91 Å². The summed E-state index contributed by atoms with van der Waals surface area (Å²) in [4.78, 5) is 13.4. The molecule has 2 atom stereocenters. The van der Waals surface area contributed by atoms with Gasteiger partial charge in [-0.2, -0.15) is 5.26 Å². The van der Waals surface area contributed by atoms with Gasteiger partial charge in [0.05, 0.1) is 12.2 Å². The quantitative estimate of drug-likeness (QED) is 0.700. The van der Waals surface area contributed by atoms with Crippen LogP contribution in [0.1, 0.15) is 26.7 Å². The molecule has 0 aromatic rings. The Hall–Kier alpha value is -1.08. The second-order valence-corrected chi connectivity index (χ2v) is 3.99. The number of hydrogen-bond acceptors (Lipinski definition) is 3. The molecule has 4 nitrogen and oxygen atoms in total. The second kappa shape index (κ2) is 3.97. The Bertz CT molecular complexity index is 272. The molecule has 14 heavy (non-hydrogen) atoms. The van der Waals surface area contributed by atoms with E-state index in [0.717, 1.165) is 0 Å². The zero-order valence-electron chi connectivity index (χ0n) is 8.66. The minimum absolute atomic E-state index is 0.154. The molecule has 0 aromatic heterocycles. The highest BCUT2D eigenvalue weighted by Crippen LogP contribution is 2.25. The summed E-state index contributed by atoms with van der Waals surface area (Å²) in [7, 11) is 0. The van der Waals surface area contributed by atoms with Gasteiger partial charge in [-0.1, -0.05) is 6.92 Å². The summed E-state index contributed by atoms with van der Waals surface area (Å²) >= 11 is 0.